The maximum Gasteiger partial charge on any atom is 0.0208 e. The molecule has 1 aromatic rings. The standard InChI is InChI=1S/C17H27N/c1-4-15(5-2)13(3)18-12-14-6-8-16(9-7-14)17-10-11-17/h6-9,13,15,17-18H,4-5,10-12H2,1-3H3. The Bertz CT molecular complexity index is 346. The van der Waals surface area contributed by atoms with Crippen molar-refractivity contribution < 1.29 is 0 Å². The average Bonchev–Trinajstić information content (AvgIpc) is 3.23. The van der Waals surface area contributed by atoms with Crippen LogP contribution in [0.1, 0.15) is 63.5 Å². The van der Waals surface area contributed by atoms with Crippen LogP contribution in [-0.2, 0) is 6.54 Å². The highest BCUT2D eigenvalue weighted by molar-refractivity contribution is 5.27. The zero-order valence-corrected chi connectivity index (χ0v) is 12.1. The van der Waals surface area contributed by atoms with Gasteiger partial charge in [0.05, 0.1) is 0 Å². The van der Waals surface area contributed by atoms with Crippen molar-refractivity contribution in [2.45, 2.75) is 65.0 Å². The first kappa shape index (κ1) is 13.6. The molecule has 1 aromatic carbocycles. The van der Waals surface area contributed by atoms with Crippen LogP contribution in [0.4, 0.5) is 0 Å². The molecule has 1 nitrogen and oxygen atoms in total. The molecule has 0 heterocycles. The van der Waals surface area contributed by atoms with E-state index in [4.69, 9.17) is 0 Å². The van der Waals surface area contributed by atoms with E-state index in [0.29, 0.717) is 6.04 Å². The Labute approximate surface area is 112 Å². The predicted octanol–water partition coefficient (Wildman–Crippen LogP) is 4.48. The number of nitrogens with one attached hydrogen (secondary N) is 1. The van der Waals surface area contributed by atoms with Gasteiger partial charge in [0.1, 0.15) is 0 Å². The summed E-state index contributed by atoms with van der Waals surface area (Å²) >= 11 is 0. The van der Waals surface area contributed by atoms with E-state index in [0.717, 1.165) is 18.4 Å². The normalized spacial score (nSPS) is 17.1. The van der Waals surface area contributed by atoms with Crippen molar-refractivity contribution in [3.63, 3.8) is 0 Å². The molecule has 100 valence electrons. The fourth-order valence-electron chi connectivity index (χ4n) is 2.77. The molecule has 1 N–H and O–H groups in total. The van der Waals surface area contributed by atoms with Crippen LogP contribution in [0.25, 0.3) is 0 Å². The molecule has 0 aromatic heterocycles. The second kappa shape index (κ2) is 6.38. The van der Waals surface area contributed by atoms with Crippen LogP contribution in [-0.4, -0.2) is 6.04 Å². The van der Waals surface area contributed by atoms with Gasteiger partial charge >= 0.3 is 0 Å². The second-order valence-corrected chi connectivity index (χ2v) is 5.76. The Morgan fingerprint density at radius 2 is 1.72 bits per heavy atom. The Morgan fingerprint density at radius 1 is 1.11 bits per heavy atom. The first-order valence-electron chi connectivity index (χ1n) is 7.56. The fourth-order valence-corrected chi connectivity index (χ4v) is 2.77. The van der Waals surface area contributed by atoms with Gasteiger partial charge in [-0.2, -0.15) is 0 Å². The van der Waals surface area contributed by atoms with Crippen molar-refractivity contribution in [3.8, 4) is 0 Å². The van der Waals surface area contributed by atoms with Crippen LogP contribution in [0.15, 0.2) is 24.3 Å². The van der Waals surface area contributed by atoms with Crippen LogP contribution in [0.2, 0.25) is 0 Å². The summed E-state index contributed by atoms with van der Waals surface area (Å²) in [6.45, 7) is 7.90. The summed E-state index contributed by atoms with van der Waals surface area (Å²) in [5.41, 5.74) is 2.95. The molecule has 1 unspecified atom stereocenters. The van der Waals surface area contributed by atoms with Gasteiger partial charge in [0.2, 0.25) is 0 Å². The molecule has 0 amide bonds. The molecule has 0 bridgehead atoms. The highest BCUT2D eigenvalue weighted by atomic mass is 14.9. The fraction of sp³-hybridized carbons (Fsp3) is 0.647. The van der Waals surface area contributed by atoms with Crippen molar-refractivity contribution in [1.82, 2.24) is 5.32 Å². The summed E-state index contributed by atoms with van der Waals surface area (Å²) in [7, 11) is 0. The van der Waals surface area contributed by atoms with E-state index in [2.05, 4.69) is 50.4 Å². The molecule has 0 saturated heterocycles. The summed E-state index contributed by atoms with van der Waals surface area (Å²) in [4.78, 5) is 0. The maximum atomic E-state index is 3.67. The van der Waals surface area contributed by atoms with Gasteiger partial charge in [-0.3, -0.25) is 0 Å². The molecular formula is C17H27N. The van der Waals surface area contributed by atoms with Crippen molar-refractivity contribution in [2.75, 3.05) is 0 Å². The summed E-state index contributed by atoms with van der Waals surface area (Å²) in [5.74, 6) is 1.67. The Morgan fingerprint density at radius 3 is 2.22 bits per heavy atom. The monoisotopic (exact) mass is 245 g/mol. The van der Waals surface area contributed by atoms with Gasteiger partial charge in [-0.25, -0.2) is 0 Å². The molecule has 1 saturated carbocycles. The van der Waals surface area contributed by atoms with Crippen LogP contribution >= 0.6 is 0 Å². The molecule has 1 fully saturated rings. The molecule has 0 spiro atoms. The molecule has 1 heteroatoms. The Kier molecular flexibility index (Phi) is 4.82. The zero-order chi connectivity index (χ0) is 13.0. The number of benzene rings is 1. The SMILES string of the molecule is CCC(CC)C(C)NCc1ccc(C2CC2)cc1. The topological polar surface area (TPSA) is 12.0 Å². The maximum absolute atomic E-state index is 3.67. The smallest absolute Gasteiger partial charge is 0.0208 e. The summed E-state index contributed by atoms with van der Waals surface area (Å²) in [6.07, 6.45) is 5.32. The second-order valence-electron chi connectivity index (χ2n) is 5.76. The van der Waals surface area contributed by atoms with Crippen LogP contribution in [0.3, 0.4) is 0 Å². The third-order valence-corrected chi connectivity index (χ3v) is 4.41. The van der Waals surface area contributed by atoms with Gasteiger partial charge in [0, 0.05) is 12.6 Å². The predicted molar refractivity (Wildman–Crippen MR) is 78.8 cm³/mol. The summed E-state index contributed by atoms with van der Waals surface area (Å²) < 4.78 is 0. The van der Waals surface area contributed by atoms with E-state index < -0.39 is 0 Å². The van der Waals surface area contributed by atoms with Crippen LogP contribution in [0, 0.1) is 5.92 Å². The van der Waals surface area contributed by atoms with E-state index in [-0.39, 0.29) is 0 Å². The number of hydrogen-bond acceptors (Lipinski definition) is 1. The van der Waals surface area contributed by atoms with Crippen molar-refractivity contribution in [1.29, 1.82) is 0 Å². The van der Waals surface area contributed by atoms with Gasteiger partial charge in [-0.15, -0.1) is 0 Å². The third kappa shape index (κ3) is 3.58. The lowest BCUT2D eigenvalue weighted by Gasteiger charge is -2.22. The summed E-state index contributed by atoms with van der Waals surface area (Å²) in [6, 6.07) is 9.83. The molecular weight excluding hydrogens is 218 g/mol. The minimum atomic E-state index is 0.614. The van der Waals surface area contributed by atoms with E-state index in [1.54, 1.807) is 0 Å². The lowest BCUT2D eigenvalue weighted by Crippen LogP contribution is -2.32. The molecule has 1 aliphatic rings. The van der Waals surface area contributed by atoms with Gasteiger partial charge in [-0.05, 0) is 42.7 Å². The Balaban J connectivity index is 1.81. The van der Waals surface area contributed by atoms with E-state index in [1.165, 1.54) is 36.8 Å². The number of hydrogen-bond donors (Lipinski definition) is 1. The van der Waals surface area contributed by atoms with Crippen LogP contribution < -0.4 is 5.32 Å². The largest absolute Gasteiger partial charge is 0.310 e. The first-order valence-corrected chi connectivity index (χ1v) is 7.56. The molecule has 0 radical (unpaired) electrons. The van der Waals surface area contributed by atoms with Gasteiger partial charge in [-0.1, -0.05) is 51.0 Å². The molecule has 1 atom stereocenters. The zero-order valence-electron chi connectivity index (χ0n) is 12.1. The van der Waals surface area contributed by atoms with Crippen LogP contribution in [0.5, 0.6) is 0 Å². The molecule has 2 rings (SSSR count). The molecule has 1 aliphatic carbocycles. The van der Waals surface area contributed by atoms with Crippen molar-refractivity contribution >= 4 is 0 Å². The lowest BCUT2D eigenvalue weighted by atomic mass is 9.95. The molecule has 0 aliphatic heterocycles. The van der Waals surface area contributed by atoms with E-state index in [9.17, 15) is 0 Å². The lowest BCUT2D eigenvalue weighted by molar-refractivity contribution is 0.353. The van der Waals surface area contributed by atoms with Gasteiger partial charge < -0.3 is 5.32 Å². The van der Waals surface area contributed by atoms with Crippen molar-refractivity contribution in [3.05, 3.63) is 35.4 Å². The minimum Gasteiger partial charge on any atom is -0.310 e. The minimum absolute atomic E-state index is 0.614. The van der Waals surface area contributed by atoms with Gasteiger partial charge in [0.25, 0.3) is 0 Å². The Hall–Kier alpha value is -0.820. The summed E-state index contributed by atoms with van der Waals surface area (Å²) in [5, 5.41) is 3.67. The quantitative estimate of drug-likeness (QED) is 0.747. The first-order chi connectivity index (χ1) is 8.74. The van der Waals surface area contributed by atoms with Crippen molar-refractivity contribution in [2.24, 2.45) is 5.92 Å². The van der Waals surface area contributed by atoms with E-state index >= 15 is 0 Å². The average molecular weight is 245 g/mol. The number of rotatable bonds is 7. The molecule has 18 heavy (non-hydrogen) atoms. The van der Waals surface area contributed by atoms with Gasteiger partial charge in [0.15, 0.2) is 0 Å². The van der Waals surface area contributed by atoms with E-state index in [1.807, 2.05) is 0 Å². The highest BCUT2D eigenvalue weighted by Gasteiger charge is 2.22. The highest BCUT2D eigenvalue weighted by Crippen LogP contribution is 2.39. The third-order valence-electron chi connectivity index (χ3n) is 4.41.